The molecule has 1 amide bonds. The lowest BCUT2D eigenvalue weighted by molar-refractivity contribution is -0.124. The maximum atomic E-state index is 13.4. The molecule has 0 heterocycles. The molecule has 0 saturated carbocycles. The van der Waals surface area contributed by atoms with Crippen molar-refractivity contribution in [2.75, 3.05) is 6.61 Å². The van der Waals surface area contributed by atoms with Crippen molar-refractivity contribution in [3.05, 3.63) is 29.3 Å². The molecule has 0 atom stereocenters. The summed E-state index contributed by atoms with van der Waals surface area (Å²) in [6.45, 7) is 4.80. The number of carbonyl (C=O) groups excluding carboxylic acids is 2. The second-order valence-electron chi connectivity index (χ2n) is 5.02. The molecule has 0 unspecified atom stereocenters. The lowest BCUT2D eigenvalue weighted by Crippen LogP contribution is -2.43. The topological polar surface area (TPSA) is 55.4 Å². The molecule has 19 heavy (non-hydrogen) atoms. The zero-order valence-corrected chi connectivity index (χ0v) is 10.9. The van der Waals surface area contributed by atoms with Crippen LogP contribution in [0.15, 0.2) is 12.1 Å². The fourth-order valence-corrected chi connectivity index (χ4v) is 1.38. The van der Waals surface area contributed by atoms with Gasteiger partial charge in [0, 0.05) is 11.1 Å². The molecule has 0 aliphatic carbocycles. The summed E-state index contributed by atoms with van der Waals surface area (Å²) in [4.78, 5) is 21.8. The zero-order valence-electron chi connectivity index (χ0n) is 10.9. The van der Waals surface area contributed by atoms with Gasteiger partial charge in [-0.15, -0.1) is 0 Å². The van der Waals surface area contributed by atoms with Gasteiger partial charge in [0.25, 0.3) is 5.91 Å². The molecule has 0 spiro atoms. The van der Waals surface area contributed by atoms with Gasteiger partial charge in [-0.05, 0) is 32.9 Å². The lowest BCUT2D eigenvalue weighted by atomic mass is 10.1. The van der Waals surface area contributed by atoms with Crippen molar-refractivity contribution < 1.29 is 23.1 Å². The minimum absolute atomic E-state index is 0.138. The highest BCUT2D eigenvalue weighted by Gasteiger charge is 2.17. The van der Waals surface area contributed by atoms with Gasteiger partial charge in [-0.2, -0.15) is 0 Å². The number of rotatable bonds is 4. The third-order valence-corrected chi connectivity index (χ3v) is 2.02. The number of benzene rings is 1. The van der Waals surface area contributed by atoms with Crippen molar-refractivity contribution in [2.45, 2.75) is 26.3 Å². The standard InChI is InChI=1S/C13H15F2NO3/c1-13(2,3)16-11(18)7-19-12-9(14)4-8(6-17)5-10(12)15/h4-6H,7H2,1-3H3,(H,16,18). The summed E-state index contributed by atoms with van der Waals surface area (Å²) in [5.74, 6) is -3.21. The molecule has 4 nitrogen and oxygen atoms in total. The molecular weight excluding hydrogens is 256 g/mol. The Morgan fingerprint density at radius 1 is 1.32 bits per heavy atom. The van der Waals surface area contributed by atoms with E-state index in [-0.39, 0.29) is 5.56 Å². The molecule has 1 rings (SSSR count). The molecule has 1 aromatic carbocycles. The summed E-state index contributed by atoms with van der Waals surface area (Å²) in [5, 5.41) is 2.59. The van der Waals surface area contributed by atoms with Crippen LogP contribution in [0.4, 0.5) is 8.78 Å². The summed E-state index contributed by atoms with van der Waals surface area (Å²) >= 11 is 0. The Bertz CT molecular complexity index is 472. The third-order valence-electron chi connectivity index (χ3n) is 2.02. The van der Waals surface area contributed by atoms with Crippen LogP contribution in [-0.2, 0) is 4.79 Å². The van der Waals surface area contributed by atoms with Crippen molar-refractivity contribution in [1.82, 2.24) is 5.32 Å². The first kappa shape index (κ1) is 15.1. The van der Waals surface area contributed by atoms with Crippen LogP contribution < -0.4 is 10.1 Å². The van der Waals surface area contributed by atoms with Gasteiger partial charge in [0.2, 0.25) is 0 Å². The lowest BCUT2D eigenvalue weighted by Gasteiger charge is -2.20. The van der Waals surface area contributed by atoms with E-state index in [9.17, 15) is 18.4 Å². The number of amides is 1. The number of carbonyl (C=O) groups is 2. The van der Waals surface area contributed by atoms with E-state index in [1.54, 1.807) is 20.8 Å². The number of halogens is 2. The second-order valence-corrected chi connectivity index (χ2v) is 5.02. The van der Waals surface area contributed by atoms with E-state index in [0.29, 0.717) is 6.29 Å². The van der Waals surface area contributed by atoms with E-state index < -0.39 is 35.4 Å². The highest BCUT2D eigenvalue weighted by molar-refractivity contribution is 5.78. The molecule has 0 saturated heterocycles. The predicted molar refractivity (Wildman–Crippen MR) is 65.1 cm³/mol. The third kappa shape index (κ3) is 4.65. The summed E-state index contributed by atoms with van der Waals surface area (Å²) in [5.41, 5.74) is -0.597. The normalized spacial score (nSPS) is 11.0. The minimum Gasteiger partial charge on any atom is -0.478 e. The number of hydrogen-bond acceptors (Lipinski definition) is 3. The molecule has 0 bridgehead atoms. The Hall–Kier alpha value is -1.98. The quantitative estimate of drug-likeness (QED) is 0.853. The highest BCUT2D eigenvalue weighted by atomic mass is 19.1. The van der Waals surface area contributed by atoms with Gasteiger partial charge < -0.3 is 10.1 Å². The van der Waals surface area contributed by atoms with Crippen molar-refractivity contribution >= 4 is 12.2 Å². The minimum atomic E-state index is -1.02. The summed E-state index contributed by atoms with van der Waals surface area (Å²) in [6, 6.07) is 1.68. The van der Waals surface area contributed by atoms with Gasteiger partial charge in [0.1, 0.15) is 6.29 Å². The van der Waals surface area contributed by atoms with Gasteiger partial charge >= 0.3 is 0 Å². The van der Waals surface area contributed by atoms with E-state index in [0.717, 1.165) is 12.1 Å². The molecule has 0 radical (unpaired) electrons. The number of nitrogens with one attached hydrogen (secondary N) is 1. The summed E-state index contributed by atoms with van der Waals surface area (Å²) < 4.78 is 31.7. The van der Waals surface area contributed by atoms with Crippen LogP contribution in [0.3, 0.4) is 0 Å². The molecule has 0 fully saturated rings. The Morgan fingerprint density at radius 3 is 2.26 bits per heavy atom. The number of hydrogen-bond donors (Lipinski definition) is 1. The molecular formula is C13H15F2NO3. The number of aldehydes is 1. The first-order valence-corrected chi connectivity index (χ1v) is 5.61. The molecule has 104 valence electrons. The fraction of sp³-hybridized carbons (Fsp3) is 0.385. The molecule has 0 aromatic heterocycles. The van der Waals surface area contributed by atoms with Gasteiger partial charge in [0.05, 0.1) is 0 Å². The maximum absolute atomic E-state index is 13.4. The van der Waals surface area contributed by atoms with Crippen molar-refractivity contribution in [3.8, 4) is 5.75 Å². The van der Waals surface area contributed by atoms with Crippen molar-refractivity contribution in [1.29, 1.82) is 0 Å². The predicted octanol–water partition coefficient (Wildman–Crippen LogP) is 2.07. The second kappa shape index (κ2) is 5.77. The maximum Gasteiger partial charge on any atom is 0.258 e. The van der Waals surface area contributed by atoms with Crippen LogP contribution in [0, 0.1) is 11.6 Å². The Balaban J connectivity index is 2.73. The van der Waals surface area contributed by atoms with Gasteiger partial charge in [-0.3, -0.25) is 9.59 Å². The monoisotopic (exact) mass is 271 g/mol. The largest absolute Gasteiger partial charge is 0.478 e. The van der Waals surface area contributed by atoms with E-state index >= 15 is 0 Å². The van der Waals surface area contributed by atoms with Gasteiger partial charge in [-0.1, -0.05) is 0 Å². The molecule has 6 heteroatoms. The Labute approximate surface area is 109 Å². The molecule has 0 aliphatic heterocycles. The molecule has 1 N–H and O–H groups in total. The van der Waals surface area contributed by atoms with Crippen LogP contribution in [0.5, 0.6) is 5.75 Å². The van der Waals surface area contributed by atoms with Crippen LogP contribution in [0.1, 0.15) is 31.1 Å². The number of ether oxygens (including phenoxy) is 1. The summed E-state index contributed by atoms with van der Waals surface area (Å²) in [7, 11) is 0. The summed E-state index contributed by atoms with van der Waals surface area (Å²) in [6.07, 6.45) is 0.322. The van der Waals surface area contributed by atoms with Crippen LogP contribution in [0.25, 0.3) is 0 Å². The zero-order chi connectivity index (χ0) is 14.6. The molecule has 0 aliphatic rings. The van der Waals surface area contributed by atoms with E-state index in [1.165, 1.54) is 0 Å². The fourth-order valence-electron chi connectivity index (χ4n) is 1.38. The van der Waals surface area contributed by atoms with Crippen molar-refractivity contribution in [3.63, 3.8) is 0 Å². The van der Waals surface area contributed by atoms with Crippen LogP contribution >= 0.6 is 0 Å². The Morgan fingerprint density at radius 2 is 1.84 bits per heavy atom. The first-order valence-electron chi connectivity index (χ1n) is 5.61. The average molecular weight is 271 g/mol. The highest BCUT2D eigenvalue weighted by Crippen LogP contribution is 2.22. The van der Waals surface area contributed by atoms with E-state index in [1.807, 2.05) is 0 Å². The first-order chi connectivity index (χ1) is 8.73. The van der Waals surface area contributed by atoms with E-state index in [2.05, 4.69) is 5.32 Å². The van der Waals surface area contributed by atoms with E-state index in [4.69, 9.17) is 4.74 Å². The van der Waals surface area contributed by atoms with Gasteiger partial charge in [0.15, 0.2) is 24.0 Å². The van der Waals surface area contributed by atoms with Crippen LogP contribution in [0.2, 0.25) is 0 Å². The smallest absolute Gasteiger partial charge is 0.258 e. The Kier molecular flexibility index (Phi) is 4.58. The average Bonchev–Trinajstić information content (AvgIpc) is 2.25. The van der Waals surface area contributed by atoms with Crippen LogP contribution in [-0.4, -0.2) is 24.3 Å². The molecule has 1 aromatic rings. The van der Waals surface area contributed by atoms with Gasteiger partial charge in [-0.25, -0.2) is 8.78 Å². The van der Waals surface area contributed by atoms with Crippen molar-refractivity contribution in [2.24, 2.45) is 0 Å². The SMILES string of the molecule is CC(C)(C)NC(=O)COc1c(F)cc(C=O)cc1F.